The Kier molecular flexibility index (Phi) is 8.68. The van der Waals surface area contributed by atoms with Crippen molar-refractivity contribution in [3.05, 3.63) is 54.4 Å². The number of carboxylic acids is 1. The summed E-state index contributed by atoms with van der Waals surface area (Å²) < 4.78 is 12.0. The van der Waals surface area contributed by atoms with Gasteiger partial charge in [-0.3, -0.25) is 9.59 Å². The van der Waals surface area contributed by atoms with Gasteiger partial charge in [-0.1, -0.05) is 45.0 Å². The molecule has 3 aliphatic rings. The summed E-state index contributed by atoms with van der Waals surface area (Å²) in [4.78, 5) is 65.1. The van der Waals surface area contributed by atoms with E-state index in [4.69, 9.17) is 19.4 Å². The fourth-order valence-electron chi connectivity index (χ4n) is 6.10. The maximum absolute atomic E-state index is 14.3. The molecule has 47 heavy (non-hydrogen) atoms. The molecule has 1 unspecified atom stereocenters. The second kappa shape index (κ2) is 12.6. The van der Waals surface area contributed by atoms with Crippen molar-refractivity contribution in [2.75, 3.05) is 6.54 Å². The maximum Gasteiger partial charge on any atom is 0.408 e. The number of carbonyl (C=O) groups excluding carboxylic acids is 3. The number of nitrogens with zero attached hydrogens (tertiary/aromatic N) is 3. The van der Waals surface area contributed by atoms with Gasteiger partial charge in [0.15, 0.2) is 0 Å². The minimum Gasteiger partial charge on any atom is -0.479 e. The molecule has 1 saturated heterocycles. The van der Waals surface area contributed by atoms with Crippen molar-refractivity contribution in [3.8, 4) is 16.5 Å². The second-order valence-electron chi connectivity index (χ2n) is 13.5. The zero-order valence-corrected chi connectivity index (χ0v) is 27.4. The van der Waals surface area contributed by atoms with Crippen LogP contribution < -0.4 is 15.4 Å². The number of nitrogens with one attached hydrogen (secondary N) is 2. The van der Waals surface area contributed by atoms with Gasteiger partial charge in [0.05, 0.1) is 22.5 Å². The lowest BCUT2D eigenvalue weighted by Gasteiger charge is -2.36. The van der Waals surface area contributed by atoms with Gasteiger partial charge in [-0.25, -0.2) is 19.6 Å². The molecule has 3 amide bonds. The van der Waals surface area contributed by atoms with Gasteiger partial charge in [-0.15, -0.1) is 17.9 Å². The van der Waals surface area contributed by atoms with Crippen molar-refractivity contribution in [2.45, 2.75) is 82.7 Å². The highest BCUT2D eigenvalue weighted by molar-refractivity contribution is 7.13. The second-order valence-corrected chi connectivity index (χ2v) is 14.5. The number of carboxylic acid groups (broad SMARTS) is 1. The highest BCUT2D eigenvalue weighted by atomic mass is 32.1. The number of hydrogen-bond acceptors (Lipinski definition) is 9. The number of para-hydroxylation sites is 2. The number of benzene rings is 1. The number of rotatable bonds is 10. The van der Waals surface area contributed by atoms with Crippen LogP contribution in [0.3, 0.4) is 0 Å². The van der Waals surface area contributed by atoms with Gasteiger partial charge in [-0.05, 0) is 54.7 Å². The van der Waals surface area contributed by atoms with Crippen LogP contribution in [0.2, 0.25) is 0 Å². The van der Waals surface area contributed by atoms with Crippen LogP contribution in [0.5, 0.6) is 5.88 Å². The Labute approximate surface area is 276 Å². The summed E-state index contributed by atoms with van der Waals surface area (Å²) in [5.74, 6) is -2.47. The van der Waals surface area contributed by atoms with Crippen LogP contribution in [0.25, 0.3) is 21.6 Å². The van der Waals surface area contributed by atoms with E-state index < -0.39 is 58.9 Å². The number of ether oxygens (including phenoxy) is 2. The molecule has 3 N–H and O–H groups in total. The van der Waals surface area contributed by atoms with E-state index in [9.17, 15) is 24.3 Å². The Morgan fingerprint density at radius 3 is 2.40 bits per heavy atom. The lowest BCUT2D eigenvalue weighted by Crippen LogP contribution is -2.59. The Hall–Kier alpha value is -4.52. The minimum atomic E-state index is -1.49. The molecule has 0 spiro atoms. The lowest BCUT2D eigenvalue weighted by molar-refractivity contribution is -0.146. The maximum atomic E-state index is 14.3. The number of amides is 3. The van der Waals surface area contributed by atoms with Crippen LogP contribution in [-0.4, -0.2) is 80.2 Å². The molecule has 3 aromatic rings. The predicted molar refractivity (Wildman–Crippen MR) is 175 cm³/mol. The van der Waals surface area contributed by atoms with Gasteiger partial charge in [-0.2, -0.15) is 0 Å². The van der Waals surface area contributed by atoms with Gasteiger partial charge < -0.3 is 30.1 Å². The number of likely N-dealkylation sites (tertiary alicyclic amines) is 1. The van der Waals surface area contributed by atoms with Gasteiger partial charge in [0.2, 0.25) is 17.7 Å². The molecule has 0 bridgehead atoms. The summed E-state index contributed by atoms with van der Waals surface area (Å²) in [7, 11) is 0. The normalized spacial score (nSPS) is 24.6. The van der Waals surface area contributed by atoms with Gasteiger partial charge in [0.25, 0.3) is 0 Å². The number of carbonyl (C=O) groups is 4. The number of aromatic nitrogens is 2. The van der Waals surface area contributed by atoms with Crippen molar-refractivity contribution in [3.63, 3.8) is 0 Å². The molecule has 12 nitrogen and oxygen atoms in total. The first-order valence-corrected chi connectivity index (χ1v) is 16.7. The highest BCUT2D eigenvalue weighted by Gasteiger charge is 2.61. The van der Waals surface area contributed by atoms with Crippen molar-refractivity contribution >= 4 is 46.2 Å². The summed E-state index contributed by atoms with van der Waals surface area (Å²) in [6, 6.07) is 9.11. The Morgan fingerprint density at radius 1 is 1.11 bits per heavy atom. The first kappa shape index (κ1) is 32.4. The molecular formula is C34H39N5O7S. The number of thiophene rings is 1. The monoisotopic (exact) mass is 661 g/mol. The summed E-state index contributed by atoms with van der Waals surface area (Å²) in [5, 5.41) is 17.3. The third-order valence-corrected chi connectivity index (χ3v) is 10.0. The summed E-state index contributed by atoms with van der Waals surface area (Å²) in [5.41, 5.74) is -0.390. The third-order valence-electron chi connectivity index (χ3n) is 9.15. The first-order chi connectivity index (χ1) is 22.4. The first-order valence-electron chi connectivity index (χ1n) is 15.8. The average molecular weight is 662 g/mol. The zero-order chi connectivity index (χ0) is 33.5. The SMILES string of the molecule is C=C[C@@H]1CC1(NC(=O)[C@@H]1C[C@@H](Oc2nc3ccccc3nc2-c2cccs2)CN1C(=O)[C@@H](NC(=O)OC1CCC1)C(C)(C)C)C(=O)O. The molecule has 2 aliphatic carbocycles. The fourth-order valence-corrected chi connectivity index (χ4v) is 6.80. The molecule has 0 radical (unpaired) electrons. The number of fused-ring (bicyclic) bond motifs is 1. The van der Waals surface area contributed by atoms with Gasteiger partial charge in [0.1, 0.15) is 35.5 Å². The summed E-state index contributed by atoms with van der Waals surface area (Å²) >= 11 is 1.48. The van der Waals surface area contributed by atoms with E-state index in [1.807, 2.05) is 62.5 Å². The van der Waals surface area contributed by atoms with Crippen LogP contribution in [0.4, 0.5) is 4.79 Å². The molecule has 3 heterocycles. The van der Waals surface area contributed by atoms with Crippen molar-refractivity contribution < 1.29 is 33.8 Å². The van der Waals surface area contributed by atoms with Crippen molar-refractivity contribution in [1.82, 2.24) is 25.5 Å². The average Bonchev–Trinajstić information content (AvgIpc) is 3.31. The number of aliphatic carboxylic acids is 1. The predicted octanol–water partition coefficient (Wildman–Crippen LogP) is 4.55. The minimum absolute atomic E-state index is 0.00774. The number of alkyl carbamates (subject to hydrolysis) is 1. The Morgan fingerprint density at radius 2 is 1.83 bits per heavy atom. The van der Waals surface area contributed by atoms with E-state index in [1.54, 1.807) is 0 Å². The largest absolute Gasteiger partial charge is 0.479 e. The zero-order valence-electron chi connectivity index (χ0n) is 26.6. The van der Waals surface area contributed by atoms with Crippen molar-refractivity contribution in [2.24, 2.45) is 11.3 Å². The van der Waals surface area contributed by atoms with E-state index in [0.717, 1.165) is 24.1 Å². The molecule has 5 atom stereocenters. The van der Waals surface area contributed by atoms with Crippen LogP contribution >= 0.6 is 11.3 Å². The highest BCUT2D eigenvalue weighted by Crippen LogP contribution is 2.45. The molecule has 248 valence electrons. The van der Waals surface area contributed by atoms with Crippen LogP contribution in [-0.2, 0) is 19.1 Å². The molecule has 2 aromatic heterocycles. The van der Waals surface area contributed by atoms with E-state index in [1.165, 1.54) is 22.3 Å². The van der Waals surface area contributed by atoms with E-state index in [-0.39, 0.29) is 31.4 Å². The smallest absolute Gasteiger partial charge is 0.408 e. The fraction of sp³-hybridized carbons (Fsp3) is 0.471. The summed E-state index contributed by atoms with van der Waals surface area (Å²) in [6.07, 6.45) is 2.73. The van der Waals surface area contributed by atoms with E-state index in [0.29, 0.717) is 16.7 Å². The molecule has 2 saturated carbocycles. The van der Waals surface area contributed by atoms with Crippen molar-refractivity contribution in [1.29, 1.82) is 0 Å². The van der Waals surface area contributed by atoms with E-state index >= 15 is 0 Å². The Balaban J connectivity index is 1.30. The molecular weight excluding hydrogens is 622 g/mol. The molecule has 1 aromatic carbocycles. The molecule has 6 rings (SSSR count). The molecule has 3 fully saturated rings. The topological polar surface area (TPSA) is 160 Å². The molecule has 13 heteroatoms. The van der Waals surface area contributed by atoms with Crippen LogP contribution in [0.1, 0.15) is 52.9 Å². The lowest BCUT2D eigenvalue weighted by atomic mass is 9.85. The van der Waals surface area contributed by atoms with Gasteiger partial charge >= 0.3 is 12.1 Å². The third kappa shape index (κ3) is 6.53. The van der Waals surface area contributed by atoms with Crippen LogP contribution in [0.15, 0.2) is 54.4 Å². The Bertz CT molecular complexity index is 1700. The van der Waals surface area contributed by atoms with E-state index in [2.05, 4.69) is 17.2 Å². The quantitative estimate of drug-likeness (QED) is 0.265. The molecule has 1 aliphatic heterocycles. The van der Waals surface area contributed by atoms with Crippen LogP contribution in [0, 0.1) is 11.3 Å². The standard InChI is InChI=1S/C34H39N5O7S/c1-5-19-17-34(19,31(42)43)38-28(40)24-16-21(18-39(24)30(41)27(33(2,3)4)37-32(44)46-20-10-8-11-20)45-29-26(25-14-9-15-47-25)35-22-12-6-7-13-23(22)36-29/h5-7,9,12-15,19-21,24,27H,1,8,10-11,16-18H2,2-4H3,(H,37,44)(H,38,40)(H,42,43)/t19-,21-,24+,27-,34?/m1/s1. The van der Waals surface area contributed by atoms with Gasteiger partial charge in [0, 0.05) is 12.3 Å². The number of hydrogen-bond donors (Lipinski definition) is 3. The summed E-state index contributed by atoms with van der Waals surface area (Å²) in [6.45, 7) is 9.14.